The molecule has 0 spiro atoms. The molecule has 1 aromatic rings. The fourth-order valence-corrected chi connectivity index (χ4v) is 4.72. The Kier molecular flexibility index (Phi) is 6.20. The fraction of sp³-hybridized carbons (Fsp3) is 0.632. The van der Waals surface area contributed by atoms with Crippen molar-refractivity contribution in [3.8, 4) is 0 Å². The van der Waals surface area contributed by atoms with E-state index in [1.54, 1.807) is 20.8 Å². The van der Waals surface area contributed by atoms with Gasteiger partial charge in [0, 0.05) is 30.0 Å². The number of hydrogen-bond donors (Lipinski definition) is 0. The number of ketones is 1. The van der Waals surface area contributed by atoms with Gasteiger partial charge in [0.1, 0.15) is 23.2 Å². The van der Waals surface area contributed by atoms with Gasteiger partial charge in [-0.2, -0.15) is 0 Å². The number of hydrogen-bond acceptors (Lipinski definition) is 3. The van der Waals surface area contributed by atoms with E-state index in [1.807, 2.05) is 0 Å². The molecule has 3 nitrogen and oxygen atoms in total. The molecule has 0 unspecified atom stereocenters. The molecule has 0 radical (unpaired) electrons. The molecule has 0 aliphatic heterocycles. The number of carbonyl (C=O) groups excluding carboxylic acids is 1. The predicted octanol–water partition coefficient (Wildman–Crippen LogP) is 4.24. The summed E-state index contributed by atoms with van der Waals surface area (Å²) in [7, 11) is -3.22. The van der Waals surface area contributed by atoms with Crippen molar-refractivity contribution in [2.75, 3.05) is 5.75 Å². The molecule has 26 heavy (non-hydrogen) atoms. The number of sulfone groups is 1. The van der Waals surface area contributed by atoms with Crippen LogP contribution in [0.2, 0.25) is 0 Å². The molecule has 0 heterocycles. The van der Waals surface area contributed by atoms with E-state index < -0.39 is 44.0 Å². The van der Waals surface area contributed by atoms with Crippen LogP contribution in [0.1, 0.15) is 52.0 Å². The fourth-order valence-electron chi connectivity index (χ4n) is 3.27. The maximum atomic E-state index is 13.7. The molecule has 7 heteroatoms. The van der Waals surface area contributed by atoms with E-state index in [-0.39, 0.29) is 23.4 Å². The van der Waals surface area contributed by atoms with Gasteiger partial charge in [0.25, 0.3) is 0 Å². The first kappa shape index (κ1) is 20.9. The SMILES string of the molecule is CC(C)(C)S(=O)(=O)CC1CCC(C(=O)Cc2c(F)cc(F)cc2F)CC1. The van der Waals surface area contributed by atoms with E-state index in [0.29, 0.717) is 37.8 Å². The third kappa shape index (κ3) is 4.87. The number of Topliss-reactive ketones (excluding diaryl/α,β-unsaturated/α-hetero) is 1. The molecule has 1 aliphatic carbocycles. The Balaban J connectivity index is 1.95. The molecule has 0 N–H and O–H groups in total. The molecule has 146 valence electrons. The van der Waals surface area contributed by atoms with Gasteiger partial charge in [0.05, 0.1) is 10.5 Å². The first-order chi connectivity index (χ1) is 11.9. The minimum Gasteiger partial charge on any atom is -0.299 e. The van der Waals surface area contributed by atoms with Crippen LogP contribution in [0.5, 0.6) is 0 Å². The molecule has 1 saturated carbocycles. The summed E-state index contributed by atoms with van der Waals surface area (Å²) in [6.45, 7) is 5.01. The minimum atomic E-state index is -3.22. The van der Waals surface area contributed by atoms with E-state index in [0.717, 1.165) is 0 Å². The van der Waals surface area contributed by atoms with Crippen molar-refractivity contribution in [1.82, 2.24) is 0 Å². The normalized spacial score (nSPS) is 21.6. The van der Waals surface area contributed by atoms with Gasteiger partial charge in [0.2, 0.25) is 0 Å². The lowest BCUT2D eigenvalue weighted by atomic mass is 9.79. The number of halogens is 3. The smallest absolute Gasteiger partial charge is 0.155 e. The number of carbonyl (C=O) groups is 1. The van der Waals surface area contributed by atoms with Crippen LogP contribution in [0.25, 0.3) is 0 Å². The summed E-state index contributed by atoms with van der Waals surface area (Å²) in [6, 6.07) is 1.14. The van der Waals surface area contributed by atoms with Crippen molar-refractivity contribution in [1.29, 1.82) is 0 Å². The van der Waals surface area contributed by atoms with Crippen LogP contribution >= 0.6 is 0 Å². The van der Waals surface area contributed by atoms with E-state index in [2.05, 4.69) is 0 Å². The summed E-state index contributed by atoms with van der Waals surface area (Å²) in [5.41, 5.74) is -0.408. The van der Waals surface area contributed by atoms with E-state index in [4.69, 9.17) is 0 Å². The minimum absolute atomic E-state index is 0.00238. The third-order valence-corrected chi connectivity index (χ3v) is 7.92. The van der Waals surface area contributed by atoms with Gasteiger partial charge >= 0.3 is 0 Å². The maximum Gasteiger partial charge on any atom is 0.155 e. The Bertz CT molecular complexity index is 751. The Morgan fingerprint density at radius 3 is 2.00 bits per heavy atom. The average Bonchev–Trinajstić information content (AvgIpc) is 2.50. The van der Waals surface area contributed by atoms with Gasteiger partial charge in [-0.15, -0.1) is 0 Å². The second-order valence-corrected chi connectivity index (χ2v) is 10.9. The maximum absolute atomic E-state index is 13.7. The van der Waals surface area contributed by atoms with Crippen molar-refractivity contribution in [2.45, 2.75) is 57.6 Å². The summed E-state index contributed by atoms with van der Waals surface area (Å²) >= 11 is 0. The zero-order valence-corrected chi connectivity index (χ0v) is 16.1. The summed E-state index contributed by atoms with van der Waals surface area (Å²) in [5, 5.41) is 0. The Labute approximate surface area is 152 Å². The van der Waals surface area contributed by atoms with Gasteiger partial charge in [-0.25, -0.2) is 21.6 Å². The van der Waals surface area contributed by atoms with E-state index >= 15 is 0 Å². The second-order valence-electron chi connectivity index (χ2n) is 8.10. The standard InChI is InChI=1S/C19H25F3O3S/c1-19(2,3)26(24,25)11-12-4-6-13(7-5-12)18(23)10-15-16(21)8-14(20)9-17(15)22/h8-9,12-13H,4-7,10-11H2,1-3H3. The van der Waals surface area contributed by atoms with E-state index in [9.17, 15) is 26.4 Å². The molecule has 0 atom stereocenters. The largest absolute Gasteiger partial charge is 0.299 e. The van der Waals surface area contributed by atoms with Crippen LogP contribution in [-0.4, -0.2) is 24.7 Å². The molecule has 1 aliphatic rings. The topological polar surface area (TPSA) is 51.2 Å². The highest BCUT2D eigenvalue weighted by atomic mass is 32.2. The molecule has 0 aromatic heterocycles. The van der Waals surface area contributed by atoms with Crippen LogP contribution in [0.4, 0.5) is 13.2 Å². The summed E-state index contributed by atoms with van der Waals surface area (Å²) < 4.78 is 64.1. The lowest BCUT2D eigenvalue weighted by Crippen LogP contribution is -2.35. The quantitative estimate of drug-likeness (QED) is 0.756. The van der Waals surface area contributed by atoms with Gasteiger partial charge in [-0.1, -0.05) is 0 Å². The molecular weight excluding hydrogens is 365 g/mol. The molecule has 2 rings (SSSR count). The second kappa shape index (κ2) is 7.71. The molecular formula is C19H25F3O3S. The summed E-state index contributed by atoms with van der Waals surface area (Å²) in [4.78, 5) is 12.4. The summed E-state index contributed by atoms with van der Waals surface area (Å²) in [6.07, 6.45) is 1.80. The Morgan fingerprint density at radius 1 is 1.04 bits per heavy atom. The predicted molar refractivity (Wildman–Crippen MR) is 94.0 cm³/mol. The molecule has 0 bridgehead atoms. The average molecular weight is 390 g/mol. The summed E-state index contributed by atoms with van der Waals surface area (Å²) in [5.74, 6) is -3.65. The number of benzene rings is 1. The van der Waals surface area contributed by atoms with Crippen LogP contribution in [0.3, 0.4) is 0 Å². The Morgan fingerprint density at radius 2 is 1.54 bits per heavy atom. The highest BCUT2D eigenvalue weighted by molar-refractivity contribution is 7.92. The molecule has 1 fully saturated rings. The first-order valence-corrected chi connectivity index (χ1v) is 10.4. The van der Waals surface area contributed by atoms with E-state index in [1.165, 1.54) is 0 Å². The van der Waals surface area contributed by atoms with Gasteiger partial charge < -0.3 is 0 Å². The van der Waals surface area contributed by atoms with Crippen LogP contribution in [0, 0.1) is 29.3 Å². The van der Waals surface area contributed by atoms with Gasteiger partial charge in [0.15, 0.2) is 9.84 Å². The first-order valence-electron chi connectivity index (χ1n) is 8.79. The monoisotopic (exact) mass is 390 g/mol. The number of rotatable bonds is 5. The van der Waals surface area contributed by atoms with Crippen molar-refractivity contribution in [2.24, 2.45) is 11.8 Å². The molecule has 1 aromatic carbocycles. The van der Waals surface area contributed by atoms with Crippen LogP contribution < -0.4 is 0 Å². The van der Waals surface area contributed by atoms with Crippen molar-refractivity contribution in [3.63, 3.8) is 0 Å². The highest BCUT2D eigenvalue weighted by Gasteiger charge is 2.34. The zero-order chi connectivity index (χ0) is 19.7. The molecule has 0 saturated heterocycles. The zero-order valence-electron chi connectivity index (χ0n) is 15.3. The third-order valence-electron chi connectivity index (χ3n) is 5.15. The lowest BCUT2D eigenvalue weighted by Gasteiger charge is -2.30. The van der Waals surface area contributed by atoms with Crippen molar-refractivity contribution < 1.29 is 26.4 Å². The lowest BCUT2D eigenvalue weighted by molar-refractivity contribution is -0.123. The van der Waals surface area contributed by atoms with Gasteiger partial charge in [-0.3, -0.25) is 4.79 Å². The molecule has 0 amide bonds. The Hall–Kier alpha value is -1.37. The highest BCUT2D eigenvalue weighted by Crippen LogP contribution is 2.33. The van der Waals surface area contributed by atoms with Crippen LogP contribution in [0.15, 0.2) is 12.1 Å². The van der Waals surface area contributed by atoms with Gasteiger partial charge in [-0.05, 0) is 52.4 Å². The van der Waals surface area contributed by atoms with Crippen molar-refractivity contribution >= 4 is 15.6 Å². The van der Waals surface area contributed by atoms with Crippen LogP contribution in [-0.2, 0) is 21.1 Å². The van der Waals surface area contributed by atoms with Crippen molar-refractivity contribution in [3.05, 3.63) is 35.1 Å².